The molecule has 0 aromatic heterocycles. The summed E-state index contributed by atoms with van der Waals surface area (Å²) >= 11 is 0. The molecule has 27 heavy (non-hydrogen) atoms. The van der Waals surface area contributed by atoms with Gasteiger partial charge in [-0.1, -0.05) is 0 Å². The standard InChI is InChI=1S/C22H31FN2O2/c1-14-6-16(8-19(23)7-14)22(26)25-11-17-9-20(24(2)3)21(10-18(17)12-25)27-13-15-4-5-15/h6-8,15,17-18,20-21H,4-5,9-13H2,1-3H3/t17-,18+,20-,21-/m1/s1. The molecule has 1 aromatic rings. The normalized spacial score (nSPS) is 30.6. The number of fused-ring (bicyclic) bond motifs is 1. The molecule has 4 nitrogen and oxygen atoms in total. The molecule has 4 atom stereocenters. The van der Waals surface area contributed by atoms with Gasteiger partial charge < -0.3 is 14.5 Å². The van der Waals surface area contributed by atoms with Gasteiger partial charge in [-0.3, -0.25) is 4.79 Å². The van der Waals surface area contributed by atoms with Gasteiger partial charge >= 0.3 is 0 Å². The first-order valence-corrected chi connectivity index (χ1v) is 10.2. The van der Waals surface area contributed by atoms with Crippen molar-refractivity contribution in [1.82, 2.24) is 9.80 Å². The average Bonchev–Trinajstić information content (AvgIpc) is 3.35. The molecule has 0 radical (unpaired) electrons. The third kappa shape index (κ3) is 4.19. The molecule has 1 aliphatic heterocycles. The van der Waals surface area contributed by atoms with Crippen molar-refractivity contribution in [2.75, 3.05) is 33.8 Å². The summed E-state index contributed by atoms with van der Waals surface area (Å²) in [5.41, 5.74) is 1.26. The quantitative estimate of drug-likeness (QED) is 0.792. The molecule has 1 aromatic carbocycles. The molecule has 3 aliphatic rings. The van der Waals surface area contributed by atoms with Crippen molar-refractivity contribution in [3.8, 4) is 0 Å². The van der Waals surface area contributed by atoms with Crippen molar-refractivity contribution < 1.29 is 13.9 Å². The fourth-order valence-electron chi connectivity index (χ4n) is 4.87. The number of amides is 1. The van der Waals surface area contributed by atoms with Crippen LogP contribution in [0.2, 0.25) is 0 Å². The van der Waals surface area contributed by atoms with E-state index < -0.39 is 0 Å². The maximum Gasteiger partial charge on any atom is 0.253 e. The van der Waals surface area contributed by atoms with Crippen LogP contribution in [-0.4, -0.2) is 61.6 Å². The number of likely N-dealkylation sites (tertiary alicyclic amines) is 1. The minimum absolute atomic E-state index is 0.0381. The van der Waals surface area contributed by atoms with E-state index in [2.05, 4.69) is 19.0 Å². The molecule has 2 aliphatic carbocycles. The highest BCUT2D eigenvalue weighted by atomic mass is 19.1. The zero-order chi connectivity index (χ0) is 19.1. The van der Waals surface area contributed by atoms with Crippen LogP contribution in [0, 0.1) is 30.5 Å². The van der Waals surface area contributed by atoms with E-state index in [9.17, 15) is 9.18 Å². The summed E-state index contributed by atoms with van der Waals surface area (Å²) in [6.45, 7) is 4.26. The zero-order valence-corrected chi connectivity index (χ0v) is 16.7. The second-order valence-corrected chi connectivity index (χ2v) is 9.07. The number of aryl methyl sites for hydroxylation is 1. The summed E-state index contributed by atoms with van der Waals surface area (Å²) in [6.07, 6.45) is 4.96. The lowest BCUT2D eigenvalue weighted by atomic mass is 9.77. The van der Waals surface area contributed by atoms with Crippen LogP contribution >= 0.6 is 0 Å². The molecule has 4 rings (SSSR count). The van der Waals surface area contributed by atoms with Gasteiger partial charge in [-0.15, -0.1) is 0 Å². The van der Waals surface area contributed by atoms with Gasteiger partial charge in [-0.25, -0.2) is 4.39 Å². The van der Waals surface area contributed by atoms with E-state index >= 15 is 0 Å². The SMILES string of the molecule is Cc1cc(F)cc(C(=O)N2C[C@H]3C[C@@H](N(C)C)[C@H](OCC4CC4)C[C@H]3C2)c1. The highest BCUT2D eigenvalue weighted by Crippen LogP contribution is 2.40. The second-order valence-electron chi connectivity index (χ2n) is 9.07. The Labute approximate surface area is 161 Å². The molecule has 1 amide bonds. The lowest BCUT2D eigenvalue weighted by Gasteiger charge is -2.41. The summed E-state index contributed by atoms with van der Waals surface area (Å²) < 4.78 is 20.0. The van der Waals surface area contributed by atoms with E-state index in [1.807, 2.05) is 11.8 Å². The summed E-state index contributed by atoms with van der Waals surface area (Å²) in [5, 5.41) is 0. The average molecular weight is 375 g/mol. The van der Waals surface area contributed by atoms with Gasteiger partial charge in [-0.2, -0.15) is 0 Å². The van der Waals surface area contributed by atoms with Crippen molar-refractivity contribution in [3.05, 3.63) is 35.1 Å². The predicted octanol–water partition coefficient (Wildman–Crippen LogP) is 3.34. The predicted molar refractivity (Wildman–Crippen MR) is 103 cm³/mol. The number of halogens is 1. The zero-order valence-electron chi connectivity index (χ0n) is 16.7. The van der Waals surface area contributed by atoms with Crippen molar-refractivity contribution in [3.63, 3.8) is 0 Å². The number of hydrogen-bond donors (Lipinski definition) is 0. The van der Waals surface area contributed by atoms with E-state index in [0.717, 1.165) is 44.0 Å². The first-order valence-electron chi connectivity index (χ1n) is 10.2. The molecule has 5 heteroatoms. The third-order valence-corrected chi connectivity index (χ3v) is 6.57. The highest BCUT2D eigenvalue weighted by Gasteiger charge is 2.45. The second kappa shape index (κ2) is 7.51. The van der Waals surface area contributed by atoms with Crippen LogP contribution in [0.5, 0.6) is 0 Å². The van der Waals surface area contributed by atoms with Crippen molar-refractivity contribution >= 4 is 5.91 Å². The summed E-state index contributed by atoms with van der Waals surface area (Å²) in [6, 6.07) is 5.03. The number of ether oxygens (including phenoxy) is 1. The summed E-state index contributed by atoms with van der Waals surface area (Å²) in [5.74, 6) is 1.39. The van der Waals surface area contributed by atoms with Gasteiger partial charge in [0.1, 0.15) is 5.82 Å². The summed E-state index contributed by atoms with van der Waals surface area (Å²) in [4.78, 5) is 17.1. The largest absolute Gasteiger partial charge is 0.376 e. The molecule has 0 unspecified atom stereocenters. The Kier molecular flexibility index (Phi) is 5.26. The van der Waals surface area contributed by atoms with Gasteiger partial charge in [0.2, 0.25) is 0 Å². The van der Waals surface area contributed by atoms with E-state index in [1.165, 1.54) is 25.0 Å². The van der Waals surface area contributed by atoms with Crippen LogP contribution in [0.15, 0.2) is 18.2 Å². The van der Waals surface area contributed by atoms with Crippen LogP contribution in [0.25, 0.3) is 0 Å². The Morgan fingerprint density at radius 1 is 1.19 bits per heavy atom. The molecule has 1 heterocycles. The maximum atomic E-state index is 13.7. The first kappa shape index (κ1) is 18.9. The molecule has 0 spiro atoms. The third-order valence-electron chi connectivity index (χ3n) is 6.57. The number of likely N-dealkylation sites (N-methyl/N-ethyl adjacent to an activating group) is 1. The molecule has 1 saturated heterocycles. The Bertz CT molecular complexity index is 683. The fourth-order valence-corrected chi connectivity index (χ4v) is 4.87. The highest BCUT2D eigenvalue weighted by molar-refractivity contribution is 5.94. The smallest absolute Gasteiger partial charge is 0.253 e. The fraction of sp³-hybridized carbons (Fsp3) is 0.682. The lowest BCUT2D eigenvalue weighted by molar-refractivity contribution is -0.0493. The van der Waals surface area contributed by atoms with Crippen molar-refractivity contribution in [1.29, 1.82) is 0 Å². The minimum Gasteiger partial charge on any atom is -0.376 e. The van der Waals surface area contributed by atoms with Crippen molar-refractivity contribution in [2.45, 2.75) is 44.8 Å². The number of hydrogen-bond acceptors (Lipinski definition) is 3. The Balaban J connectivity index is 1.44. The lowest BCUT2D eigenvalue weighted by Crippen LogP contribution is -2.48. The Morgan fingerprint density at radius 2 is 1.89 bits per heavy atom. The monoisotopic (exact) mass is 374 g/mol. The van der Waals surface area contributed by atoms with E-state index in [4.69, 9.17) is 4.74 Å². The number of nitrogens with zero attached hydrogens (tertiary/aromatic N) is 2. The van der Waals surface area contributed by atoms with Crippen LogP contribution < -0.4 is 0 Å². The minimum atomic E-state index is -0.337. The molecular weight excluding hydrogens is 343 g/mol. The van der Waals surface area contributed by atoms with Gasteiger partial charge in [-0.05, 0) is 88.2 Å². The van der Waals surface area contributed by atoms with E-state index in [0.29, 0.717) is 23.4 Å². The van der Waals surface area contributed by atoms with Crippen LogP contribution in [0.3, 0.4) is 0 Å². The van der Waals surface area contributed by atoms with E-state index in [1.54, 1.807) is 6.07 Å². The van der Waals surface area contributed by atoms with Crippen LogP contribution in [0.4, 0.5) is 4.39 Å². The maximum absolute atomic E-state index is 13.7. The van der Waals surface area contributed by atoms with Gasteiger partial charge in [0, 0.05) is 31.3 Å². The Morgan fingerprint density at radius 3 is 2.52 bits per heavy atom. The molecule has 2 saturated carbocycles. The van der Waals surface area contributed by atoms with E-state index in [-0.39, 0.29) is 17.8 Å². The van der Waals surface area contributed by atoms with Crippen LogP contribution in [-0.2, 0) is 4.74 Å². The number of benzene rings is 1. The molecule has 0 bridgehead atoms. The topological polar surface area (TPSA) is 32.8 Å². The van der Waals surface area contributed by atoms with Crippen molar-refractivity contribution in [2.24, 2.45) is 17.8 Å². The molecule has 0 N–H and O–H groups in total. The van der Waals surface area contributed by atoms with Crippen LogP contribution in [0.1, 0.15) is 41.6 Å². The number of carbonyl (C=O) groups is 1. The van der Waals surface area contributed by atoms with Gasteiger partial charge in [0.05, 0.1) is 6.10 Å². The molecular formula is C22H31FN2O2. The summed E-state index contributed by atoms with van der Waals surface area (Å²) in [7, 11) is 4.26. The molecule has 3 fully saturated rings. The number of carbonyl (C=O) groups excluding carboxylic acids is 1. The number of rotatable bonds is 5. The Hall–Kier alpha value is -1.46. The van der Waals surface area contributed by atoms with Gasteiger partial charge in [0.25, 0.3) is 5.91 Å². The first-order chi connectivity index (χ1) is 12.9. The molecule has 148 valence electrons. The van der Waals surface area contributed by atoms with Gasteiger partial charge in [0.15, 0.2) is 0 Å².